The molecule has 128 valence electrons. The Labute approximate surface area is 148 Å². The molecule has 0 saturated carbocycles. The molecule has 2 amide bonds. The summed E-state index contributed by atoms with van der Waals surface area (Å²) in [7, 11) is 0. The summed E-state index contributed by atoms with van der Waals surface area (Å²) in [6.07, 6.45) is 6.34. The average molecular weight is 334 g/mol. The number of carbonyl (C=O) groups is 2. The number of hydrogen-bond acceptors (Lipinski definition) is 2. The van der Waals surface area contributed by atoms with Crippen LogP contribution in [0.4, 0.5) is 0 Å². The van der Waals surface area contributed by atoms with Crippen molar-refractivity contribution in [1.82, 2.24) is 5.32 Å². The zero-order valence-electron chi connectivity index (χ0n) is 14.7. The van der Waals surface area contributed by atoms with Gasteiger partial charge in [-0.05, 0) is 38.0 Å². The van der Waals surface area contributed by atoms with Gasteiger partial charge in [0.15, 0.2) is 0 Å². The molecule has 4 nitrogen and oxygen atoms in total. The fourth-order valence-electron chi connectivity index (χ4n) is 3.24. The molecule has 1 heterocycles. The molecule has 1 aliphatic heterocycles. The van der Waals surface area contributed by atoms with Gasteiger partial charge in [0.1, 0.15) is 0 Å². The molecule has 3 rings (SSSR count). The van der Waals surface area contributed by atoms with Gasteiger partial charge in [0.25, 0.3) is 11.8 Å². The first-order chi connectivity index (χ1) is 12.0. The van der Waals surface area contributed by atoms with E-state index < -0.39 is 0 Å². The van der Waals surface area contributed by atoms with Gasteiger partial charge in [-0.25, -0.2) is 4.99 Å². The molecule has 1 aromatic rings. The second kappa shape index (κ2) is 7.01. The minimum absolute atomic E-state index is 0.0582. The van der Waals surface area contributed by atoms with Crippen molar-refractivity contribution >= 4 is 17.5 Å². The molecule has 0 saturated heterocycles. The average Bonchev–Trinajstić information content (AvgIpc) is 2.61. The molecule has 25 heavy (non-hydrogen) atoms. The molecule has 0 fully saturated rings. The van der Waals surface area contributed by atoms with E-state index in [0.29, 0.717) is 12.1 Å². The van der Waals surface area contributed by atoms with E-state index in [1.165, 1.54) is 0 Å². The Morgan fingerprint density at radius 2 is 1.96 bits per heavy atom. The van der Waals surface area contributed by atoms with Crippen molar-refractivity contribution in [2.45, 2.75) is 33.1 Å². The summed E-state index contributed by atoms with van der Waals surface area (Å²) in [4.78, 5) is 28.9. The lowest BCUT2D eigenvalue weighted by Crippen LogP contribution is -2.35. The maximum absolute atomic E-state index is 12.6. The quantitative estimate of drug-likeness (QED) is 0.916. The van der Waals surface area contributed by atoms with E-state index in [2.05, 4.69) is 10.3 Å². The summed E-state index contributed by atoms with van der Waals surface area (Å²) >= 11 is 0. The van der Waals surface area contributed by atoms with Crippen LogP contribution in [-0.2, 0) is 9.59 Å². The Morgan fingerprint density at radius 1 is 1.24 bits per heavy atom. The van der Waals surface area contributed by atoms with Crippen LogP contribution in [-0.4, -0.2) is 17.5 Å². The first-order valence-electron chi connectivity index (χ1n) is 8.57. The predicted octanol–water partition coefficient (Wildman–Crippen LogP) is 3.68. The van der Waals surface area contributed by atoms with Gasteiger partial charge < -0.3 is 5.32 Å². The first kappa shape index (κ1) is 17.1. The number of rotatable bonds is 3. The van der Waals surface area contributed by atoms with Gasteiger partial charge in [-0.2, -0.15) is 0 Å². The van der Waals surface area contributed by atoms with Gasteiger partial charge in [-0.3, -0.25) is 9.59 Å². The van der Waals surface area contributed by atoms with E-state index in [1.54, 1.807) is 6.08 Å². The number of benzene rings is 1. The van der Waals surface area contributed by atoms with Crippen LogP contribution in [0.15, 0.2) is 70.4 Å². The number of nitrogens with zero attached hydrogens (tertiary/aromatic N) is 1. The van der Waals surface area contributed by atoms with E-state index in [4.69, 9.17) is 0 Å². The van der Waals surface area contributed by atoms with Crippen molar-refractivity contribution in [3.8, 4) is 0 Å². The van der Waals surface area contributed by atoms with Gasteiger partial charge in [0.05, 0.1) is 11.6 Å². The van der Waals surface area contributed by atoms with Gasteiger partial charge in [0.2, 0.25) is 0 Å². The molecular weight excluding hydrogens is 312 g/mol. The number of allylic oxidation sites excluding steroid dienone is 3. The van der Waals surface area contributed by atoms with Crippen LogP contribution in [0, 0.1) is 5.92 Å². The zero-order valence-corrected chi connectivity index (χ0v) is 14.7. The smallest absolute Gasteiger partial charge is 0.253 e. The number of aliphatic imine (C=N–C) groups is 1. The van der Waals surface area contributed by atoms with Crippen molar-refractivity contribution in [1.29, 1.82) is 0 Å². The summed E-state index contributed by atoms with van der Waals surface area (Å²) in [6.45, 7) is 5.78. The Balaban J connectivity index is 1.86. The number of fused-ring (bicyclic) bond motifs is 1. The molecule has 1 aliphatic carbocycles. The maximum atomic E-state index is 12.6. The number of amides is 2. The second-order valence-electron chi connectivity index (χ2n) is 6.45. The molecule has 2 aliphatic rings. The SMILES string of the molecule is CCC(C(=O)N=C1C=CC2C(=C1)NC(=O)C(C)=C2C)c1ccccc1. The van der Waals surface area contributed by atoms with Crippen LogP contribution >= 0.6 is 0 Å². The fourth-order valence-corrected chi connectivity index (χ4v) is 3.24. The molecule has 0 aromatic heterocycles. The molecule has 1 aromatic carbocycles. The van der Waals surface area contributed by atoms with Gasteiger partial charge in [-0.15, -0.1) is 0 Å². The lowest BCUT2D eigenvalue weighted by atomic mass is 9.85. The molecule has 0 radical (unpaired) electrons. The molecule has 0 spiro atoms. The summed E-state index contributed by atoms with van der Waals surface area (Å²) < 4.78 is 0. The van der Waals surface area contributed by atoms with Crippen LogP contribution in [0.3, 0.4) is 0 Å². The van der Waals surface area contributed by atoms with Crippen LogP contribution < -0.4 is 5.32 Å². The Hall–Kier alpha value is -2.75. The van der Waals surface area contributed by atoms with E-state index >= 15 is 0 Å². The number of carbonyl (C=O) groups excluding carboxylic acids is 2. The fraction of sp³-hybridized carbons (Fsp3) is 0.286. The van der Waals surface area contributed by atoms with Crippen LogP contribution in [0.25, 0.3) is 0 Å². The Morgan fingerprint density at radius 3 is 2.64 bits per heavy atom. The van der Waals surface area contributed by atoms with E-state index in [0.717, 1.165) is 22.4 Å². The van der Waals surface area contributed by atoms with Crippen molar-refractivity contribution < 1.29 is 9.59 Å². The number of nitrogens with one attached hydrogen (secondary N) is 1. The third kappa shape index (κ3) is 3.38. The van der Waals surface area contributed by atoms with Crippen LogP contribution in [0.2, 0.25) is 0 Å². The lowest BCUT2D eigenvalue weighted by Gasteiger charge is -2.28. The third-order valence-electron chi connectivity index (χ3n) is 4.90. The van der Waals surface area contributed by atoms with E-state index in [9.17, 15) is 9.59 Å². The summed E-state index contributed by atoms with van der Waals surface area (Å²) in [6, 6.07) is 9.71. The van der Waals surface area contributed by atoms with Gasteiger partial charge in [0, 0.05) is 17.2 Å². The van der Waals surface area contributed by atoms with E-state index in [-0.39, 0.29) is 23.7 Å². The zero-order chi connectivity index (χ0) is 18.0. The van der Waals surface area contributed by atoms with Crippen molar-refractivity contribution in [3.05, 3.63) is 71.0 Å². The largest absolute Gasteiger partial charge is 0.325 e. The summed E-state index contributed by atoms with van der Waals surface area (Å²) in [5.41, 5.74) is 4.13. The van der Waals surface area contributed by atoms with Crippen molar-refractivity contribution in [2.24, 2.45) is 10.9 Å². The van der Waals surface area contributed by atoms with Crippen molar-refractivity contribution in [2.75, 3.05) is 0 Å². The molecule has 0 bridgehead atoms. The minimum atomic E-state index is -0.247. The van der Waals surface area contributed by atoms with Crippen LogP contribution in [0.5, 0.6) is 0 Å². The van der Waals surface area contributed by atoms with Crippen LogP contribution in [0.1, 0.15) is 38.7 Å². The van der Waals surface area contributed by atoms with Crippen molar-refractivity contribution in [3.63, 3.8) is 0 Å². The first-order valence-corrected chi connectivity index (χ1v) is 8.57. The lowest BCUT2D eigenvalue weighted by molar-refractivity contribution is -0.119. The molecule has 1 N–H and O–H groups in total. The summed E-state index contributed by atoms with van der Waals surface area (Å²) in [5.74, 6) is -0.433. The third-order valence-corrected chi connectivity index (χ3v) is 4.90. The monoisotopic (exact) mass is 334 g/mol. The molecule has 2 unspecified atom stereocenters. The standard InChI is InChI=1S/C21H22N2O2/c1-4-17(15-8-6-5-7-9-15)21(25)22-16-10-11-18-13(2)14(3)20(24)23-19(18)12-16/h5-12,17-18H,4H2,1-3H3,(H,23,24). The molecular formula is C21H22N2O2. The van der Waals surface area contributed by atoms with Gasteiger partial charge in [-0.1, -0.05) is 48.9 Å². The normalized spacial score (nSPS) is 22.4. The Bertz CT molecular complexity index is 829. The minimum Gasteiger partial charge on any atom is -0.325 e. The highest BCUT2D eigenvalue weighted by Gasteiger charge is 2.28. The highest BCUT2D eigenvalue weighted by atomic mass is 16.2. The topological polar surface area (TPSA) is 58.5 Å². The summed E-state index contributed by atoms with van der Waals surface area (Å²) in [5, 5.41) is 2.90. The Kier molecular flexibility index (Phi) is 4.79. The predicted molar refractivity (Wildman–Crippen MR) is 99.1 cm³/mol. The van der Waals surface area contributed by atoms with Gasteiger partial charge >= 0.3 is 0 Å². The second-order valence-corrected chi connectivity index (χ2v) is 6.45. The highest BCUT2D eigenvalue weighted by molar-refractivity contribution is 6.12. The number of hydrogen-bond donors (Lipinski definition) is 1. The van der Waals surface area contributed by atoms with E-state index in [1.807, 2.05) is 63.3 Å². The maximum Gasteiger partial charge on any atom is 0.253 e. The molecule has 2 atom stereocenters. The molecule has 4 heteroatoms. The highest BCUT2D eigenvalue weighted by Crippen LogP contribution is 2.30.